The van der Waals surface area contributed by atoms with E-state index in [9.17, 15) is 4.79 Å². The fourth-order valence-corrected chi connectivity index (χ4v) is 1.96. The van der Waals surface area contributed by atoms with Crippen molar-refractivity contribution in [2.45, 2.75) is 32.3 Å². The highest BCUT2D eigenvalue weighted by atomic mass is 16.5. The van der Waals surface area contributed by atoms with Gasteiger partial charge in [0.15, 0.2) is 0 Å². The molecular formula is C13H18N2O2. The van der Waals surface area contributed by atoms with Gasteiger partial charge in [0.05, 0.1) is 6.10 Å². The SMILES string of the molecule is CC(CCN)Oc1ccc2c(c1)CCC(=O)N2. The molecule has 0 saturated carbocycles. The van der Waals surface area contributed by atoms with E-state index in [0.717, 1.165) is 29.8 Å². The molecule has 4 heteroatoms. The molecule has 2 rings (SSSR count). The number of rotatable bonds is 4. The van der Waals surface area contributed by atoms with Crippen LogP contribution in [0.1, 0.15) is 25.3 Å². The quantitative estimate of drug-likeness (QED) is 0.833. The predicted molar refractivity (Wildman–Crippen MR) is 67.2 cm³/mol. The van der Waals surface area contributed by atoms with Crippen LogP contribution in [0.3, 0.4) is 0 Å². The van der Waals surface area contributed by atoms with Gasteiger partial charge >= 0.3 is 0 Å². The van der Waals surface area contributed by atoms with Gasteiger partial charge in [0.1, 0.15) is 5.75 Å². The van der Waals surface area contributed by atoms with E-state index in [1.54, 1.807) is 0 Å². The van der Waals surface area contributed by atoms with Gasteiger partial charge in [-0.15, -0.1) is 0 Å². The minimum Gasteiger partial charge on any atom is -0.491 e. The number of ether oxygens (including phenoxy) is 1. The molecule has 1 aliphatic heterocycles. The molecule has 0 fully saturated rings. The highest BCUT2D eigenvalue weighted by molar-refractivity contribution is 5.93. The minimum absolute atomic E-state index is 0.0858. The fraction of sp³-hybridized carbons (Fsp3) is 0.462. The van der Waals surface area contributed by atoms with Gasteiger partial charge in [-0.2, -0.15) is 0 Å². The molecule has 3 N–H and O–H groups in total. The van der Waals surface area contributed by atoms with Crippen LogP contribution in [0.4, 0.5) is 5.69 Å². The first-order chi connectivity index (χ1) is 8.19. The minimum atomic E-state index is 0.0858. The summed E-state index contributed by atoms with van der Waals surface area (Å²) in [6.45, 7) is 2.64. The lowest BCUT2D eigenvalue weighted by atomic mass is 10.0. The Hall–Kier alpha value is -1.55. The molecule has 0 aromatic heterocycles. The van der Waals surface area contributed by atoms with Crippen LogP contribution in [0.5, 0.6) is 5.75 Å². The van der Waals surface area contributed by atoms with E-state index in [1.807, 2.05) is 25.1 Å². The molecule has 0 radical (unpaired) electrons. The van der Waals surface area contributed by atoms with E-state index in [-0.39, 0.29) is 12.0 Å². The maximum atomic E-state index is 11.2. The molecule has 1 aromatic carbocycles. The lowest BCUT2D eigenvalue weighted by molar-refractivity contribution is -0.116. The molecule has 1 aliphatic rings. The largest absolute Gasteiger partial charge is 0.491 e. The highest BCUT2D eigenvalue weighted by Crippen LogP contribution is 2.27. The molecule has 1 amide bonds. The number of fused-ring (bicyclic) bond motifs is 1. The number of anilines is 1. The van der Waals surface area contributed by atoms with Crippen LogP contribution in [-0.4, -0.2) is 18.6 Å². The molecule has 0 aliphatic carbocycles. The van der Waals surface area contributed by atoms with E-state index < -0.39 is 0 Å². The van der Waals surface area contributed by atoms with E-state index >= 15 is 0 Å². The van der Waals surface area contributed by atoms with E-state index in [0.29, 0.717) is 13.0 Å². The summed E-state index contributed by atoms with van der Waals surface area (Å²) < 4.78 is 5.75. The van der Waals surface area contributed by atoms with Crippen molar-refractivity contribution in [2.75, 3.05) is 11.9 Å². The lowest BCUT2D eigenvalue weighted by Gasteiger charge is -2.19. The third-order valence-corrected chi connectivity index (χ3v) is 2.88. The molecule has 0 bridgehead atoms. The second-order valence-electron chi connectivity index (χ2n) is 4.37. The van der Waals surface area contributed by atoms with Gasteiger partial charge in [-0.05, 0) is 50.1 Å². The Morgan fingerprint density at radius 1 is 1.47 bits per heavy atom. The molecule has 1 atom stereocenters. The summed E-state index contributed by atoms with van der Waals surface area (Å²) in [4.78, 5) is 11.2. The van der Waals surface area contributed by atoms with E-state index in [1.165, 1.54) is 0 Å². The van der Waals surface area contributed by atoms with Crippen molar-refractivity contribution in [1.29, 1.82) is 0 Å². The number of hydrogen-bond acceptors (Lipinski definition) is 3. The maximum Gasteiger partial charge on any atom is 0.224 e. The first kappa shape index (κ1) is 11.9. The number of carbonyl (C=O) groups is 1. The highest BCUT2D eigenvalue weighted by Gasteiger charge is 2.15. The molecule has 1 heterocycles. The Kier molecular flexibility index (Phi) is 3.64. The smallest absolute Gasteiger partial charge is 0.224 e. The molecule has 92 valence electrons. The van der Waals surface area contributed by atoms with Crippen molar-refractivity contribution < 1.29 is 9.53 Å². The number of hydrogen-bond donors (Lipinski definition) is 2. The molecule has 1 unspecified atom stereocenters. The summed E-state index contributed by atoms with van der Waals surface area (Å²) in [5, 5.41) is 2.85. The standard InChI is InChI=1S/C13H18N2O2/c1-9(6-7-14)17-11-3-4-12-10(8-11)2-5-13(16)15-12/h3-4,8-9H,2,5-7,14H2,1H3,(H,15,16). The Morgan fingerprint density at radius 3 is 3.06 bits per heavy atom. The molecule has 0 spiro atoms. The van der Waals surface area contributed by atoms with E-state index in [4.69, 9.17) is 10.5 Å². The van der Waals surface area contributed by atoms with Crippen molar-refractivity contribution >= 4 is 11.6 Å². The van der Waals surface area contributed by atoms with Crippen molar-refractivity contribution in [3.05, 3.63) is 23.8 Å². The third kappa shape index (κ3) is 2.97. The molecule has 4 nitrogen and oxygen atoms in total. The Balaban J connectivity index is 2.08. The van der Waals surface area contributed by atoms with Crippen molar-refractivity contribution in [1.82, 2.24) is 0 Å². The van der Waals surface area contributed by atoms with Gasteiger partial charge in [-0.25, -0.2) is 0 Å². The van der Waals surface area contributed by atoms with Crippen LogP contribution in [0.25, 0.3) is 0 Å². The molecule has 17 heavy (non-hydrogen) atoms. The van der Waals surface area contributed by atoms with Crippen LogP contribution < -0.4 is 15.8 Å². The van der Waals surface area contributed by atoms with Gasteiger partial charge in [0, 0.05) is 12.1 Å². The van der Waals surface area contributed by atoms with Gasteiger partial charge in [0.25, 0.3) is 0 Å². The van der Waals surface area contributed by atoms with Crippen LogP contribution in [0, 0.1) is 0 Å². The fourth-order valence-electron chi connectivity index (χ4n) is 1.96. The zero-order valence-electron chi connectivity index (χ0n) is 10.0. The van der Waals surface area contributed by atoms with Crippen LogP contribution >= 0.6 is 0 Å². The van der Waals surface area contributed by atoms with Crippen LogP contribution in [-0.2, 0) is 11.2 Å². The topological polar surface area (TPSA) is 64.3 Å². The van der Waals surface area contributed by atoms with Crippen LogP contribution in [0.15, 0.2) is 18.2 Å². The Morgan fingerprint density at radius 2 is 2.29 bits per heavy atom. The van der Waals surface area contributed by atoms with Gasteiger partial charge in [-0.3, -0.25) is 4.79 Å². The zero-order chi connectivity index (χ0) is 12.3. The molecular weight excluding hydrogens is 216 g/mol. The number of carbonyl (C=O) groups excluding carboxylic acids is 1. The summed E-state index contributed by atoms with van der Waals surface area (Å²) in [5.74, 6) is 0.934. The zero-order valence-corrected chi connectivity index (χ0v) is 10.0. The summed E-state index contributed by atoms with van der Waals surface area (Å²) in [7, 11) is 0. The average Bonchev–Trinajstić information content (AvgIpc) is 2.29. The van der Waals surface area contributed by atoms with Gasteiger partial charge in [-0.1, -0.05) is 0 Å². The summed E-state index contributed by atoms with van der Waals surface area (Å²) in [6, 6.07) is 5.79. The van der Waals surface area contributed by atoms with Crippen molar-refractivity contribution in [2.24, 2.45) is 5.73 Å². The number of benzene rings is 1. The second-order valence-corrected chi connectivity index (χ2v) is 4.37. The molecule has 0 saturated heterocycles. The molecule has 1 aromatic rings. The third-order valence-electron chi connectivity index (χ3n) is 2.88. The first-order valence-electron chi connectivity index (χ1n) is 5.98. The maximum absolute atomic E-state index is 11.2. The number of aryl methyl sites for hydroxylation is 1. The van der Waals surface area contributed by atoms with Crippen molar-refractivity contribution in [3.8, 4) is 5.75 Å². The lowest BCUT2D eigenvalue weighted by Crippen LogP contribution is -2.20. The summed E-state index contributed by atoms with van der Waals surface area (Å²) in [5.41, 5.74) is 7.53. The van der Waals surface area contributed by atoms with Gasteiger partial charge < -0.3 is 15.8 Å². The Labute approximate surface area is 101 Å². The summed E-state index contributed by atoms with van der Waals surface area (Å²) in [6.07, 6.45) is 2.29. The average molecular weight is 234 g/mol. The summed E-state index contributed by atoms with van der Waals surface area (Å²) >= 11 is 0. The van der Waals surface area contributed by atoms with Crippen LogP contribution in [0.2, 0.25) is 0 Å². The Bertz CT molecular complexity index is 418. The second kappa shape index (κ2) is 5.19. The monoisotopic (exact) mass is 234 g/mol. The predicted octanol–water partition coefficient (Wildman–Crippen LogP) is 1.69. The number of nitrogens with one attached hydrogen (secondary N) is 1. The number of nitrogens with two attached hydrogens (primary N) is 1. The van der Waals surface area contributed by atoms with Gasteiger partial charge in [0.2, 0.25) is 5.91 Å². The normalized spacial score (nSPS) is 16.0. The first-order valence-corrected chi connectivity index (χ1v) is 5.98. The van der Waals surface area contributed by atoms with Crippen molar-refractivity contribution in [3.63, 3.8) is 0 Å². The van der Waals surface area contributed by atoms with E-state index in [2.05, 4.69) is 5.32 Å². The number of amides is 1.